The molecule has 0 saturated heterocycles. The fourth-order valence-corrected chi connectivity index (χ4v) is 0.743. The Morgan fingerprint density at radius 2 is 2.11 bits per heavy atom. The van der Waals surface area contributed by atoms with Crippen molar-refractivity contribution >= 4 is 0 Å². The number of hydrogen-bond acceptors (Lipinski definition) is 2. The molecule has 0 aliphatic carbocycles. The number of nitrogens with two attached hydrogens (primary N) is 1. The zero-order valence-electron chi connectivity index (χ0n) is 6.48. The maximum atomic E-state index is 5.46. The molecule has 0 amide bonds. The molecule has 0 fully saturated rings. The first-order valence-electron chi connectivity index (χ1n) is 3.78. The van der Waals surface area contributed by atoms with Crippen molar-refractivity contribution in [1.29, 1.82) is 0 Å². The average Bonchev–Trinajstić information content (AvgIpc) is 1.91. The van der Waals surface area contributed by atoms with E-state index in [4.69, 9.17) is 5.73 Å². The molecular weight excluding hydrogens is 112 g/mol. The number of nitrogens with one attached hydrogen (secondary N) is 1. The van der Waals surface area contributed by atoms with Gasteiger partial charge in [-0.1, -0.05) is 13.8 Å². The lowest BCUT2D eigenvalue weighted by Gasteiger charge is -2.12. The summed E-state index contributed by atoms with van der Waals surface area (Å²) in [7, 11) is 0. The highest BCUT2D eigenvalue weighted by molar-refractivity contribution is 4.63. The fraction of sp³-hybridized carbons (Fsp3) is 1.00. The maximum Gasteiger partial charge on any atom is 0.0187 e. The molecule has 0 aromatic heterocycles. The Hall–Kier alpha value is -0.0800. The van der Waals surface area contributed by atoms with Crippen LogP contribution in [-0.2, 0) is 0 Å². The Morgan fingerprint density at radius 3 is 2.44 bits per heavy atom. The molecule has 0 aromatic carbocycles. The molecule has 9 heavy (non-hydrogen) atoms. The largest absolute Gasteiger partial charge is 0.329 e. The highest BCUT2D eigenvalue weighted by Gasteiger charge is 1.98. The minimum Gasteiger partial charge on any atom is -0.329 e. The van der Waals surface area contributed by atoms with Gasteiger partial charge in [-0.3, -0.25) is 0 Å². The molecule has 56 valence electrons. The van der Waals surface area contributed by atoms with Crippen LogP contribution in [0.25, 0.3) is 0 Å². The Kier molecular flexibility index (Phi) is 5.99. The van der Waals surface area contributed by atoms with Gasteiger partial charge in [-0.15, -0.1) is 0 Å². The van der Waals surface area contributed by atoms with Crippen molar-refractivity contribution in [3.05, 3.63) is 0 Å². The Morgan fingerprint density at radius 1 is 1.44 bits per heavy atom. The van der Waals surface area contributed by atoms with Crippen molar-refractivity contribution < 1.29 is 0 Å². The second-order valence-corrected chi connectivity index (χ2v) is 2.29. The van der Waals surface area contributed by atoms with Crippen LogP contribution in [0, 0.1) is 0 Å². The fourth-order valence-electron chi connectivity index (χ4n) is 0.743. The summed E-state index contributed by atoms with van der Waals surface area (Å²) in [6, 6.07) is 0.532. The Labute approximate surface area is 57.8 Å². The highest BCUT2D eigenvalue weighted by Crippen LogP contribution is 1.86. The molecule has 3 N–H and O–H groups in total. The van der Waals surface area contributed by atoms with Crippen molar-refractivity contribution in [3.63, 3.8) is 0 Å². The third-order valence-corrected chi connectivity index (χ3v) is 1.46. The summed E-state index contributed by atoms with van der Waals surface area (Å²) in [5.41, 5.74) is 5.46. The first-order valence-corrected chi connectivity index (χ1v) is 3.78. The summed E-state index contributed by atoms with van der Waals surface area (Å²) in [5.74, 6) is 0. The van der Waals surface area contributed by atoms with Crippen LogP contribution in [0.2, 0.25) is 0 Å². The van der Waals surface area contributed by atoms with Gasteiger partial charge < -0.3 is 11.1 Å². The minimum atomic E-state index is 0.532. The summed E-state index contributed by atoms with van der Waals surface area (Å²) in [6.07, 6.45) is 2.33. The lowest BCUT2D eigenvalue weighted by molar-refractivity contribution is 0.505. The SMILES string of the molecule is CCCNC(CC)CN. The van der Waals surface area contributed by atoms with E-state index >= 15 is 0 Å². The lowest BCUT2D eigenvalue weighted by atomic mass is 10.2. The molecule has 0 aliphatic heterocycles. The zero-order valence-corrected chi connectivity index (χ0v) is 6.48. The predicted octanol–water partition coefficient (Wildman–Crippen LogP) is 0.723. The molecule has 0 bridgehead atoms. The predicted molar refractivity (Wildman–Crippen MR) is 41.4 cm³/mol. The van der Waals surface area contributed by atoms with Crippen molar-refractivity contribution in [2.24, 2.45) is 5.73 Å². The minimum absolute atomic E-state index is 0.532. The average molecular weight is 130 g/mol. The first kappa shape index (κ1) is 8.92. The molecule has 0 heterocycles. The van der Waals surface area contributed by atoms with Crippen molar-refractivity contribution in [1.82, 2.24) is 5.32 Å². The van der Waals surface area contributed by atoms with E-state index in [-0.39, 0.29) is 0 Å². The molecular formula is C7H18N2. The summed E-state index contributed by atoms with van der Waals surface area (Å²) in [4.78, 5) is 0. The Balaban J connectivity index is 3.09. The van der Waals surface area contributed by atoms with Crippen molar-refractivity contribution in [3.8, 4) is 0 Å². The summed E-state index contributed by atoms with van der Waals surface area (Å²) < 4.78 is 0. The van der Waals surface area contributed by atoms with E-state index in [1.54, 1.807) is 0 Å². The van der Waals surface area contributed by atoms with Crippen LogP contribution in [0.4, 0.5) is 0 Å². The molecule has 0 radical (unpaired) electrons. The van der Waals surface area contributed by atoms with E-state index in [9.17, 15) is 0 Å². The highest BCUT2D eigenvalue weighted by atomic mass is 14.9. The van der Waals surface area contributed by atoms with Gasteiger partial charge in [0.2, 0.25) is 0 Å². The van der Waals surface area contributed by atoms with Gasteiger partial charge in [0.15, 0.2) is 0 Å². The second kappa shape index (κ2) is 6.05. The van der Waals surface area contributed by atoms with Gasteiger partial charge >= 0.3 is 0 Å². The zero-order chi connectivity index (χ0) is 7.11. The van der Waals surface area contributed by atoms with E-state index in [0.29, 0.717) is 6.04 Å². The van der Waals surface area contributed by atoms with E-state index in [2.05, 4.69) is 19.2 Å². The van der Waals surface area contributed by atoms with Crippen LogP contribution >= 0.6 is 0 Å². The molecule has 0 spiro atoms. The van der Waals surface area contributed by atoms with E-state index < -0.39 is 0 Å². The van der Waals surface area contributed by atoms with Gasteiger partial charge in [-0.2, -0.15) is 0 Å². The Bertz CT molecular complexity index is 50.9. The van der Waals surface area contributed by atoms with Gasteiger partial charge in [0.05, 0.1) is 0 Å². The molecule has 2 nitrogen and oxygen atoms in total. The third-order valence-electron chi connectivity index (χ3n) is 1.46. The topological polar surface area (TPSA) is 38.0 Å². The van der Waals surface area contributed by atoms with Crippen LogP contribution < -0.4 is 11.1 Å². The quantitative estimate of drug-likeness (QED) is 0.575. The van der Waals surface area contributed by atoms with Gasteiger partial charge in [-0.25, -0.2) is 0 Å². The second-order valence-electron chi connectivity index (χ2n) is 2.29. The summed E-state index contributed by atoms with van der Waals surface area (Å²) >= 11 is 0. The molecule has 0 aromatic rings. The molecule has 0 saturated carbocycles. The first-order chi connectivity index (χ1) is 4.35. The standard InChI is InChI=1S/C7H18N2/c1-3-5-9-7(4-2)6-8/h7,9H,3-6,8H2,1-2H3. The maximum absolute atomic E-state index is 5.46. The van der Waals surface area contributed by atoms with Crippen LogP contribution in [0.15, 0.2) is 0 Å². The molecule has 1 atom stereocenters. The molecule has 0 aliphatic rings. The number of rotatable bonds is 5. The molecule has 1 unspecified atom stereocenters. The lowest BCUT2D eigenvalue weighted by Crippen LogP contribution is -2.35. The van der Waals surface area contributed by atoms with Gasteiger partial charge in [0, 0.05) is 12.6 Å². The van der Waals surface area contributed by atoms with Crippen LogP contribution in [0.1, 0.15) is 26.7 Å². The van der Waals surface area contributed by atoms with E-state index in [1.807, 2.05) is 0 Å². The van der Waals surface area contributed by atoms with Crippen LogP contribution in [0.5, 0.6) is 0 Å². The molecule has 0 rings (SSSR count). The van der Waals surface area contributed by atoms with Crippen LogP contribution in [0.3, 0.4) is 0 Å². The van der Waals surface area contributed by atoms with Gasteiger partial charge in [0.25, 0.3) is 0 Å². The van der Waals surface area contributed by atoms with E-state index in [1.165, 1.54) is 6.42 Å². The van der Waals surface area contributed by atoms with Crippen molar-refractivity contribution in [2.75, 3.05) is 13.1 Å². The van der Waals surface area contributed by atoms with Crippen molar-refractivity contribution in [2.45, 2.75) is 32.7 Å². The number of hydrogen-bond donors (Lipinski definition) is 2. The van der Waals surface area contributed by atoms with Crippen LogP contribution in [-0.4, -0.2) is 19.1 Å². The monoisotopic (exact) mass is 130 g/mol. The van der Waals surface area contributed by atoms with Gasteiger partial charge in [0.1, 0.15) is 0 Å². The van der Waals surface area contributed by atoms with E-state index in [0.717, 1.165) is 19.5 Å². The smallest absolute Gasteiger partial charge is 0.0187 e. The summed E-state index contributed by atoms with van der Waals surface area (Å²) in [5, 5.41) is 3.34. The van der Waals surface area contributed by atoms with Gasteiger partial charge in [-0.05, 0) is 19.4 Å². The molecule has 2 heteroatoms. The third kappa shape index (κ3) is 4.43. The normalized spacial score (nSPS) is 13.7. The summed E-state index contributed by atoms with van der Waals surface area (Å²) in [6.45, 7) is 6.17.